The van der Waals surface area contributed by atoms with Gasteiger partial charge in [0.25, 0.3) is 11.6 Å². The molecule has 0 aliphatic carbocycles. The van der Waals surface area contributed by atoms with Crippen molar-refractivity contribution >= 4 is 11.6 Å². The van der Waals surface area contributed by atoms with Crippen LogP contribution in [0, 0.1) is 10.1 Å². The third kappa shape index (κ3) is 3.29. The lowest BCUT2D eigenvalue weighted by Crippen LogP contribution is -2.22. The Morgan fingerprint density at radius 3 is 2.85 bits per heavy atom. The molecule has 2 aromatic rings. The van der Waals surface area contributed by atoms with Gasteiger partial charge in [-0.25, -0.2) is 0 Å². The number of pyridine rings is 1. The van der Waals surface area contributed by atoms with Gasteiger partial charge in [-0.3, -0.25) is 19.9 Å². The van der Waals surface area contributed by atoms with Crippen LogP contribution in [0.25, 0.3) is 0 Å². The standard InChI is InChI=1S/C13H11N3O4/c17-12-5-10(7-14-8-12)13(18)15-6-9-2-1-3-11(4-9)16(19)20/h1-5,7-8,17H,6H2,(H,15,18). The second-order valence-corrected chi connectivity index (χ2v) is 4.04. The molecule has 1 aromatic heterocycles. The van der Waals surface area contributed by atoms with Crippen LogP contribution in [0.2, 0.25) is 0 Å². The van der Waals surface area contributed by atoms with E-state index in [0.717, 1.165) is 0 Å². The smallest absolute Gasteiger partial charge is 0.269 e. The van der Waals surface area contributed by atoms with Crippen molar-refractivity contribution < 1.29 is 14.8 Å². The average Bonchev–Trinajstić information content (AvgIpc) is 2.45. The van der Waals surface area contributed by atoms with Crippen LogP contribution in [-0.2, 0) is 6.54 Å². The highest BCUT2D eigenvalue weighted by molar-refractivity contribution is 5.94. The number of benzene rings is 1. The Hall–Kier alpha value is -2.96. The SMILES string of the molecule is O=C(NCc1cccc([N+](=O)[O-])c1)c1cncc(O)c1. The van der Waals surface area contributed by atoms with Gasteiger partial charge >= 0.3 is 0 Å². The summed E-state index contributed by atoms with van der Waals surface area (Å²) in [6.45, 7) is 0.149. The average molecular weight is 273 g/mol. The second kappa shape index (κ2) is 5.79. The first-order chi connectivity index (χ1) is 9.56. The molecule has 20 heavy (non-hydrogen) atoms. The van der Waals surface area contributed by atoms with Gasteiger partial charge in [0.2, 0.25) is 0 Å². The molecule has 0 spiro atoms. The van der Waals surface area contributed by atoms with Gasteiger partial charge in [-0.2, -0.15) is 0 Å². The first-order valence-corrected chi connectivity index (χ1v) is 5.72. The van der Waals surface area contributed by atoms with Gasteiger partial charge in [0.1, 0.15) is 5.75 Å². The molecule has 1 aromatic carbocycles. The maximum atomic E-state index is 11.8. The van der Waals surface area contributed by atoms with Gasteiger partial charge in [-0.05, 0) is 11.6 Å². The normalized spacial score (nSPS) is 10.0. The monoisotopic (exact) mass is 273 g/mol. The highest BCUT2D eigenvalue weighted by atomic mass is 16.6. The molecule has 2 rings (SSSR count). The van der Waals surface area contributed by atoms with Crippen LogP contribution in [0.5, 0.6) is 5.75 Å². The number of carbonyl (C=O) groups is 1. The molecule has 0 saturated heterocycles. The van der Waals surface area contributed by atoms with Gasteiger partial charge in [0.15, 0.2) is 0 Å². The van der Waals surface area contributed by atoms with Gasteiger partial charge in [-0.1, -0.05) is 12.1 Å². The van der Waals surface area contributed by atoms with E-state index in [1.165, 1.54) is 30.6 Å². The van der Waals surface area contributed by atoms with Crippen LogP contribution in [0.4, 0.5) is 5.69 Å². The zero-order valence-electron chi connectivity index (χ0n) is 10.3. The fraction of sp³-hybridized carbons (Fsp3) is 0.0769. The topological polar surface area (TPSA) is 105 Å². The Kier molecular flexibility index (Phi) is 3.90. The summed E-state index contributed by atoms with van der Waals surface area (Å²) in [7, 11) is 0. The van der Waals surface area contributed by atoms with Crippen molar-refractivity contribution in [2.45, 2.75) is 6.54 Å². The van der Waals surface area contributed by atoms with Crippen molar-refractivity contribution in [3.63, 3.8) is 0 Å². The van der Waals surface area contributed by atoms with E-state index in [1.54, 1.807) is 12.1 Å². The van der Waals surface area contributed by atoms with Crippen molar-refractivity contribution in [2.75, 3.05) is 0 Å². The molecule has 0 aliphatic rings. The van der Waals surface area contributed by atoms with Gasteiger partial charge in [0, 0.05) is 24.9 Å². The molecule has 0 aliphatic heterocycles. The summed E-state index contributed by atoms with van der Waals surface area (Å²) in [5.74, 6) is -0.520. The van der Waals surface area contributed by atoms with E-state index in [1.807, 2.05) is 0 Å². The zero-order valence-corrected chi connectivity index (χ0v) is 10.3. The van der Waals surface area contributed by atoms with Crippen LogP contribution >= 0.6 is 0 Å². The quantitative estimate of drug-likeness (QED) is 0.650. The van der Waals surface area contributed by atoms with Gasteiger partial charge in [-0.15, -0.1) is 0 Å². The lowest BCUT2D eigenvalue weighted by Gasteiger charge is -2.05. The molecule has 0 fully saturated rings. The highest BCUT2D eigenvalue weighted by Gasteiger charge is 2.09. The minimum absolute atomic E-state index is 0.0317. The summed E-state index contributed by atoms with van der Waals surface area (Å²) in [4.78, 5) is 25.6. The fourth-order valence-electron chi connectivity index (χ4n) is 1.62. The minimum atomic E-state index is -0.496. The summed E-state index contributed by atoms with van der Waals surface area (Å²) in [6, 6.07) is 7.28. The second-order valence-electron chi connectivity index (χ2n) is 4.04. The van der Waals surface area contributed by atoms with Crippen LogP contribution < -0.4 is 5.32 Å². The molecule has 2 N–H and O–H groups in total. The number of hydrogen-bond donors (Lipinski definition) is 2. The van der Waals surface area contributed by atoms with E-state index in [9.17, 15) is 20.0 Å². The van der Waals surface area contributed by atoms with Crippen LogP contribution in [-0.4, -0.2) is 20.9 Å². The molecule has 102 valence electrons. The number of nitrogens with one attached hydrogen (secondary N) is 1. The Balaban J connectivity index is 2.03. The molecule has 0 unspecified atom stereocenters. The maximum Gasteiger partial charge on any atom is 0.269 e. The fourth-order valence-corrected chi connectivity index (χ4v) is 1.62. The number of nitro groups is 1. The minimum Gasteiger partial charge on any atom is -0.506 e. The molecule has 1 heterocycles. The lowest BCUT2D eigenvalue weighted by atomic mass is 10.2. The molecule has 0 bridgehead atoms. The molecular weight excluding hydrogens is 262 g/mol. The molecular formula is C13H11N3O4. The largest absolute Gasteiger partial charge is 0.506 e. The lowest BCUT2D eigenvalue weighted by molar-refractivity contribution is -0.384. The first kappa shape index (κ1) is 13.5. The van der Waals surface area contributed by atoms with E-state index < -0.39 is 10.8 Å². The number of hydrogen-bond acceptors (Lipinski definition) is 5. The van der Waals surface area contributed by atoms with E-state index >= 15 is 0 Å². The Bertz CT molecular complexity index is 658. The van der Waals surface area contributed by atoms with Crippen molar-refractivity contribution in [2.24, 2.45) is 0 Å². The van der Waals surface area contributed by atoms with Gasteiger partial charge < -0.3 is 10.4 Å². The van der Waals surface area contributed by atoms with Crippen LogP contribution in [0.15, 0.2) is 42.7 Å². The first-order valence-electron chi connectivity index (χ1n) is 5.72. The van der Waals surface area contributed by atoms with Crippen molar-refractivity contribution in [1.82, 2.24) is 10.3 Å². The van der Waals surface area contributed by atoms with E-state index in [4.69, 9.17) is 0 Å². The molecule has 1 amide bonds. The predicted octanol–water partition coefficient (Wildman–Crippen LogP) is 1.63. The van der Waals surface area contributed by atoms with Crippen LogP contribution in [0.3, 0.4) is 0 Å². The Labute approximate surface area is 114 Å². The van der Waals surface area contributed by atoms with Gasteiger partial charge in [0.05, 0.1) is 16.7 Å². The third-order valence-electron chi connectivity index (χ3n) is 2.56. The number of nitro benzene ring substituents is 1. The molecule has 7 heteroatoms. The van der Waals surface area contributed by atoms with E-state index in [2.05, 4.69) is 10.3 Å². The van der Waals surface area contributed by atoms with Crippen molar-refractivity contribution in [3.8, 4) is 5.75 Å². The van der Waals surface area contributed by atoms with E-state index in [-0.39, 0.29) is 23.5 Å². The number of nitrogens with zero attached hydrogens (tertiary/aromatic N) is 2. The van der Waals surface area contributed by atoms with Crippen molar-refractivity contribution in [1.29, 1.82) is 0 Å². The van der Waals surface area contributed by atoms with E-state index in [0.29, 0.717) is 5.56 Å². The predicted molar refractivity (Wildman–Crippen MR) is 70.2 cm³/mol. The number of non-ortho nitro benzene ring substituents is 1. The third-order valence-corrected chi connectivity index (χ3v) is 2.56. The zero-order chi connectivity index (χ0) is 14.5. The molecule has 0 saturated carbocycles. The summed E-state index contributed by atoms with van der Waals surface area (Å²) in [5.41, 5.74) is 0.798. The number of aromatic hydroxyl groups is 1. The highest BCUT2D eigenvalue weighted by Crippen LogP contribution is 2.13. The molecule has 0 atom stereocenters. The number of amides is 1. The summed E-state index contributed by atoms with van der Waals surface area (Å²) >= 11 is 0. The Morgan fingerprint density at radius 1 is 1.35 bits per heavy atom. The molecule has 0 radical (unpaired) electrons. The maximum absolute atomic E-state index is 11.8. The van der Waals surface area contributed by atoms with Crippen LogP contribution in [0.1, 0.15) is 15.9 Å². The summed E-state index contributed by atoms with van der Waals surface area (Å²) < 4.78 is 0. The number of carbonyl (C=O) groups excluding carboxylic acids is 1. The number of aromatic nitrogens is 1. The molecule has 7 nitrogen and oxygen atoms in total. The Morgan fingerprint density at radius 2 is 2.15 bits per heavy atom. The number of rotatable bonds is 4. The summed E-state index contributed by atoms with van der Waals surface area (Å²) in [5, 5.41) is 22.5. The summed E-state index contributed by atoms with van der Waals surface area (Å²) in [6.07, 6.45) is 2.54. The van der Waals surface area contributed by atoms with Crippen molar-refractivity contribution in [3.05, 3.63) is 64.0 Å².